The van der Waals surface area contributed by atoms with Crippen LogP contribution in [0.3, 0.4) is 0 Å². The maximum absolute atomic E-state index is 11.9. The zero-order valence-corrected chi connectivity index (χ0v) is 9.70. The summed E-state index contributed by atoms with van der Waals surface area (Å²) in [5.74, 6) is 0. The van der Waals surface area contributed by atoms with Gasteiger partial charge in [0.05, 0.1) is 13.0 Å². The molecule has 0 spiro atoms. The maximum atomic E-state index is 11.9. The van der Waals surface area contributed by atoms with E-state index in [2.05, 4.69) is 0 Å². The third-order valence-electron chi connectivity index (χ3n) is 2.00. The van der Waals surface area contributed by atoms with Crippen molar-refractivity contribution in [2.45, 2.75) is 25.6 Å². The van der Waals surface area contributed by atoms with Gasteiger partial charge in [-0.1, -0.05) is 0 Å². The van der Waals surface area contributed by atoms with Crippen LogP contribution < -0.4 is 5.73 Å². The van der Waals surface area contributed by atoms with Crippen LogP contribution in [0.15, 0.2) is 12.1 Å². The fourth-order valence-electron chi connectivity index (χ4n) is 1.21. The zero-order chi connectivity index (χ0) is 12.2. The molecule has 0 amide bonds. The second-order valence-corrected chi connectivity index (χ2v) is 4.73. The summed E-state index contributed by atoms with van der Waals surface area (Å²) < 4.78 is 40.9. The van der Waals surface area contributed by atoms with Gasteiger partial charge in [-0.2, -0.15) is 13.2 Å². The molecule has 1 atom stereocenters. The van der Waals surface area contributed by atoms with Crippen molar-refractivity contribution < 1.29 is 17.9 Å². The molecule has 6 heteroatoms. The molecule has 0 bridgehead atoms. The Balaban J connectivity index is 2.44. The molecular weight excluding hydrogens is 239 g/mol. The van der Waals surface area contributed by atoms with Gasteiger partial charge in [0, 0.05) is 16.3 Å². The summed E-state index contributed by atoms with van der Waals surface area (Å²) in [6.45, 7) is 1.78. The molecule has 1 aromatic heterocycles. The first kappa shape index (κ1) is 13.5. The molecule has 0 saturated heterocycles. The van der Waals surface area contributed by atoms with Gasteiger partial charge in [0.1, 0.15) is 6.10 Å². The van der Waals surface area contributed by atoms with E-state index in [1.54, 1.807) is 0 Å². The summed E-state index contributed by atoms with van der Waals surface area (Å²) in [7, 11) is 0. The Morgan fingerprint density at radius 1 is 1.44 bits per heavy atom. The Bertz CT molecular complexity index is 324. The molecule has 1 heterocycles. The highest BCUT2D eigenvalue weighted by Crippen LogP contribution is 2.26. The minimum absolute atomic E-state index is 0.192. The van der Waals surface area contributed by atoms with E-state index in [9.17, 15) is 13.2 Å². The summed E-state index contributed by atoms with van der Waals surface area (Å²) >= 11 is 1.49. The molecule has 0 saturated carbocycles. The molecule has 92 valence electrons. The number of rotatable bonds is 5. The van der Waals surface area contributed by atoms with Crippen molar-refractivity contribution >= 4 is 11.3 Å². The van der Waals surface area contributed by atoms with Crippen LogP contribution in [-0.4, -0.2) is 19.3 Å². The van der Waals surface area contributed by atoms with Crippen LogP contribution in [0.25, 0.3) is 0 Å². The predicted octanol–water partition coefficient (Wildman–Crippen LogP) is 3.03. The van der Waals surface area contributed by atoms with Crippen LogP contribution in [0, 0.1) is 6.92 Å². The summed E-state index contributed by atoms with van der Waals surface area (Å²) in [4.78, 5) is 1.97. The van der Waals surface area contributed by atoms with Gasteiger partial charge in [-0.3, -0.25) is 0 Å². The normalized spacial score (nSPS) is 14.1. The summed E-state index contributed by atoms with van der Waals surface area (Å²) in [6.07, 6.45) is -5.54. The van der Waals surface area contributed by atoms with Gasteiger partial charge < -0.3 is 10.5 Å². The minimum Gasteiger partial charge on any atom is -0.371 e. The largest absolute Gasteiger partial charge is 0.391 e. The molecule has 1 unspecified atom stereocenters. The lowest BCUT2D eigenvalue weighted by Gasteiger charge is -2.15. The smallest absolute Gasteiger partial charge is 0.371 e. The van der Waals surface area contributed by atoms with E-state index in [1.165, 1.54) is 11.3 Å². The van der Waals surface area contributed by atoms with Crippen LogP contribution in [0.4, 0.5) is 13.2 Å². The fourth-order valence-corrected chi connectivity index (χ4v) is 2.15. The van der Waals surface area contributed by atoms with E-state index in [0.717, 1.165) is 9.75 Å². The molecule has 1 rings (SSSR count). The van der Waals surface area contributed by atoms with Gasteiger partial charge in [0.25, 0.3) is 0 Å². The highest BCUT2D eigenvalue weighted by molar-refractivity contribution is 7.12. The van der Waals surface area contributed by atoms with Gasteiger partial charge in [0.15, 0.2) is 0 Å². The highest BCUT2D eigenvalue weighted by atomic mass is 32.1. The molecule has 0 aromatic carbocycles. The average Bonchev–Trinajstić information content (AvgIpc) is 2.58. The van der Waals surface area contributed by atoms with Gasteiger partial charge in [-0.25, -0.2) is 0 Å². The molecule has 2 nitrogen and oxygen atoms in total. The molecule has 0 aliphatic rings. The predicted molar refractivity (Wildman–Crippen MR) is 57.5 cm³/mol. The van der Waals surface area contributed by atoms with E-state index < -0.39 is 18.7 Å². The first-order chi connectivity index (χ1) is 7.42. The number of nitrogens with two attached hydrogens (primary N) is 1. The summed E-state index contributed by atoms with van der Waals surface area (Å²) in [5, 5.41) is 0. The molecule has 0 fully saturated rings. The van der Waals surface area contributed by atoms with Crippen molar-refractivity contribution in [3.63, 3.8) is 0 Å². The first-order valence-corrected chi connectivity index (χ1v) is 5.69. The van der Waals surface area contributed by atoms with Crippen LogP contribution in [-0.2, 0) is 4.74 Å². The van der Waals surface area contributed by atoms with Crippen LogP contribution >= 0.6 is 11.3 Å². The molecule has 0 aliphatic heterocycles. The average molecular weight is 253 g/mol. The van der Waals surface area contributed by atoms with Gasteiger partial charge in [-0.05, 0) is 19.1 Å². The van der Waals surface area contributed by atoms with Gasteiger partial charge in [-0.15, -0.1) is 11.3 Å². The second-order valence-electron chi connectivity index (χ2n) is 3.41. The van der Waals surface area contributed by atoms with Crippen molar-refractivity contribution in [2.75, 3.05) is 13.2 Å². The van der Waals surface area contributed by atoms with Gasteiger partial charge in [0.2, 0.25) is 0 Å². The van der Waals surface area contributed by atoms with E-state index in [1.807, 2.05) is 19.1 Å². The number of alkyl halides is 3. The van der Waals surface area contributed by atoms with E-state index in [-0.39, 0.29) is 13.2 Å². The standard InChI is InChI=1S/C10H14F3NOS/c1-7-2-3-9(16-7)8(6-14)15-5-4-10(11,12)13/h2-3,8H,4-6,14H2,1H3. The monoisotopic (exact) mass is 253 g/mol. The number of thiophene rings is 1. The van der Waals surface area contributed by atoms with E-state index in [4.69, 9.17) is 10.5 Å². The molecular formula is C10H14F3NOS. The Morgan fingerprint density at radius 2 is 2.12 bits per heavy atom. The Kier molecular flexibility index (Phi) is 4.76. The lowest BCUT2D eigenvalue weighted by molar-refractivity contribution is -0.148. The number of hydrogen-bond donors (Lipinski definition) is 1. The van der Waals surface area contributed by atoms with Crippen molar-refractivity contribution in [1.82, 2.24) is 0 Å². The Morgan fingerprint density at radius 3 is 2.56 bits per heavy atom. The lowest BCUT2D eigenvalue weighted by atomic mass is 10.3. The van der Waals surface area contributed by atoms with Crippen molar-refractivity contribution in [3.05, 3.63) is 21.9 Å². The van der Waals surface area contributed by atoms with Crippen molar-refractivity contribution in [3.8, 4) is 0 Å². The van der Waals surface area contributed by atoms with Crippen molar-refractivity contribution in [1.29, 1.82) is 0 Å². The van der Waals surface area contributed by atoms with Crippen LogP contribution in [0.1, 0.15) is 22.3 Å². The number of aryl methyl sites for hydroxylation is 1. The molecule has 0 aliphatic carbocycles. The quantitative estimate of drug-likeness (QED) is 0.875. The SMILES string of the molecule is Cc1ccc(C(CN)OCCC(F)(F)F)s1. The van der Waals surface area contributed by atoms with E-state index >= 15 is 0 Å². The Labute approximate surface area is 96.2 Å². The number of ether oxygens (including phenoxy) is 1. The molecule has 0 radical (unpaired) electrons. The third kappa shape index (κ3) is 4.51. The molecule has 1 aromatic rings. The Hall–Kier alpha value is -0.590. The number of hydrogen-bond acceptors (Lipinski definition) is 3. The topological polar surface area (TPSA) is 35.2 Å². The lowest BCUT2D eigenvalue weighted by Crippen LogP contribution is -2.18. The first-order valence-electron chi connectivity index (χ1n) is 4.87. The fraction of sp³-hybridized carbons (Fsp3) is 0.600. The van der Waals surface area contributed by atoms with Crippen LogP contribution in [0.2, 0.25) is 0 Å². The van der Waals surface area contributed by atoms with Gasteiger partial charge >= 0.3 is 6.18 Å². The van der Waals surface area contributed by atoms with Crippen LogP contribution in [0.5, 0.6) is 0 Å². The molecule has 16 heavy (non-hydrogen) atoms. The highest BCUT2D eigenvalue weighted by Gasteiger charge is 2.27. The summed E-state index contributed by atoms with van der Waals surface area (Å²) in [6, 6.07) is 3.74. The zero-order valence-electron chi connectivity index (χ0n) is 8.88. The maximum Gasteiger partial charge on any atom is 0.391 e. The number of halogens is 3. The second kappa shape index (κ2) is 5.65. The summed E-state index contributed by atoms with van der Waals surface area (Å²) in [5.41, 5.74) is 5.46. The minimum atomic E-state index is -4.18. The molecule has 2 N–H and O–H groups in total. The van der Waals surface area contributed by atoms with Crippen molar-refractivity contribution in [2.24, 2.45) is 5.73 Å². The third-order valence-corrected chi connectivity index (χ3v) is 3.09. The van der Waals surface area contributed by atoms with E-state index in [0.29, 0.717) is 0 Å².